The smallest absolute Gasteiger partial charge is 0.149 e. The number of nitrogens with two attached hydrogens (primary N) is 1. The molecule has 0 unspecified atom stereocenters. The zero-order valence-corrected chi connectivity index (χ0v) is 11.6. The van der Waals surface area contributed by atoms with Crippen LogP contribution >= 0.6 is 23.2 Å². The molecule has 0 aliphatic carbocycles. The summed E-state index contributed by atoms with van der Waals surface area (Å²) in [6.07, 6.45) is 1.24. The van der Waals surface area contributed by atoms with Crippen LogP contribution in [0.3, 0.4) is 0 Å². The Bertz CT molecular complexity index is 821. The van der Waals surface area contributed by atoms with Crippen molar-refractivity contribution >= 4 is 39.9 Å². The highest BCUT2D eigenvalue weighted by atomic mass is 35.5. The summed E-state index contributed by atoms with van der Waals surface area (Å²) in [5, 5.41) is 1.33. The molecule has 0 fully saturated rings. The lowest BCUT2D eigenvalue weighted by atomic mass is 10.0. The first-order chi connectivity index (χ1) is 9.58. The van der Waals surface area contributed by atoms with Gasteiger partial charge in [-0.1, -0.05) is 35.3 Å². The molecule has 3 rings (SSSR count). The third-order valence-electron chi connectivity index (χ3n) is 3.00. The molecule has 1 aromatic heterocycles. The maximum Gasteiger partial charge on any atom is 0.149 e. The monoisotopic (exact) mass is 307 g/mol. The lowest BCUT2D eigenvalue weighted by Gasteiger charge is -2.09. The first kappa shape index (κ1) is 13.1. The summed E-state index contributed by atoms with van der Waals surface area (Å²) in [5.74, 6) is -0.228. The number of anilines is 1. The summed E-state index contributed by atoms with van der Waals surface area (Å²) in [5.41, 5.74) is 7.51. The molecule has 3 aromatic rings. The van der Waals surface area contributed by atoms with E-state index >= 15 is 0 Å². The Morgan fingerprint density at radius 1 is 1.00 bits per heavy atom. The van der Waals surface area contributed by atoms with Gasteiger partial charge in [0.15, 0.2) is 0 Å². The van der Waals surface area contributed by atoms with Gasteiger partial charge in [-0.15, -0.1) is 0 Å². The Labute approximate surface area is 124 Å². The Kier molecular flexibility index (Phi) is 3.20. The maximum absolute atomic E-state index is 13.8. The fraction of sp³-hybridized carbons (Fsp3) is 0. The molecular formula is C14H8Cl2FN3. The Morgan fingerprint density at radius 2 is 1.80 bits per heavy atom. The molecule has 0 atom stereocenters. The summed E-state index contributed by atoms with van der Waals surface area (Å²) in [6.45, 7) is 0. The second-order valence-corrected chi connectivity index (χ2v) is 5.02. The summed E-state index contributed by atoms with van der Waals surface area (Å²) >= 11 is 11.9. The van der Waals surface area contributed by atoms with Crippen LogP contribution in [0, 0.1) is 5.82 Å². The normalized spacial score (nSPS) is 10.9. The van der Waals surface area contributed by atoms with Crippen LogP contribution in [0.25, 0.3) is 22.0 Å². The summed E-state index contributed by atoms with van der Waals surface area (Å²) < 4.78 is 13.8. The molecule has 0 aliphatic rings. The molecule has 100 valence electrons. The van der Waals surface area contributed by atoms with Gasteiger partial charge in [-0.05, 0) is 29.3 Å². The number of fused-ring (bicyclic) bond motifs is 1. The molecule has 0 bridgehead atoms. The van der Waals surface area contributed by atoms with Crippen molar-refractivity contribution in [1.29, 1.82) is 0 Å². The van der Waals surface area contributed by atoms with Crippen LogP contribution in [0.1, 0.15) is 0 Å². The van der Waals surface area contributed by atoms with Gasteiger partial charge in [0.25, 0.3) is 0 Å². The van der Waals surface area contributed by atoms with Gasteiger partial charge >= 0.3 is 0 Å². The summed E-state index contributed by atoms with van der Waals surface area (Å²) in [7, 11) is 0. The number of hydrogen-bond donors (Lipinski definition) is 1. The molecule has 0 amide bonds. The second-order valence-electron chi connectivity index (χ2n) is 4.21. The minimum Gasteiger partial charge on any atom is -0.383 e. The van der Waals surface area contributed by atoms with Crippen LogP contribution in [0.5, 0.6) is 0 Å². The minimum absolute atomic E-state index is 0.182. The van der Waals surface area contributed by atoms with E-state index in [9.17, 15) is 4.39 Å². The van der Waals surface area contributed by atoms with E-state index in [0.717, 1.165) is 5.56 Å². The topological polar surface area (TPSA) is 51.8 Å². The minimum atomic E-state index is -0.446. The molecule has 1 heterocycles. The van der Waals surface area contributed by atoms with Gasteiger partial charge in [-0.25, -0.2) is 14.4 Å². The number of hydrogen-bond acceptors (Lipinski definition) is 3. The van der Waals surface area contributed by atoms with Gasteiger partial charge in [0.05, 0.1) is 15.4 Å². The Balaban J connectivity index is 2.36. The molecular weight excluding hydrogens is 300 g/mol. The van der Waals surface area contributed by atoms with E-state index in [0.29, 0.717) is 21.0 Å². The van der Waals surface area contributed by atoms with Gasteiger partial charge in [-0.3, -0.25) is 0 Å². The van der Waals surface area contributed by atoms with E-state index in [1.807, 2.05) is 0 Å². The molecule has 3 nitrogen and oxygen atoms in total. The molecule has 0 saturated heterocycles. The van der Waals surface area contributed by atoms with Gasteiger partial charge in [0.1, 0.15) is 23.5 Å². The average Bonchev–Trinajstić information content (AvgIpc) is 2.43. The van der Waals surface area contributed by atoms with Gasteiger partial charge < -0.3 is 5.73 Å². The molecule has 0 saturated carbocycles. The third kappa shape index (κ3) is 2.07. The van der Waals surface area contributed by atoms with Crippen LogP contribution in [0.2, 0.25) is 10.0 Å². The second kappa shape index (κ2) is 4.89. The van der Waals surface area contributed by atoms with Crippen LogP contribution in [0.4, 0.5) is 10.2 Å². The molecule has 2 aromatic carbocycles. The van der Waals surface area contributed by atoms with Crippen LogP contribution in [0.15, 0.2) is 36.7 Å². The summed E-state index contributed by atoms with van der Waals surface area (Å²) in [6, 6.07) is 8.12. The van der Waals surface area contributed by atoms with Gasteiger partial charge in [0.2, 0.25) is 0 Å². The van der Waals surface area contributed by atoms with E-state index < -0.39 is 5.82 Å². The average molecular weight is 308 g/mol. The number of rotatable bonds is 1. The standard InChI is InChI=1S/C14H8Cl2FN3/c15-9-3-1-7(5-10(9)16)8-2-4-11(17)13-12(8)14(18)20-6-19-13/h1-6H,(H2,18,19,20). The predicted molar refractivity (Wildman–Crippen MR) is 79.4 cm³/mol. The fourth-order valence-electron chi connectivity index (χ4n) is 2.07. The Hall–Kier alpha value is -1.91. The Morgan fingerprint density at radius 3 is 2.55 bits per heavy atom. The van der Waals surface area contributed by atoms with E-state index in [1.54, 1.807) is 24.3 Å². The first-order valence-corrected chi connectivity index (χ1v) is 6.47. The van der Waals surface area contributed by atoms with Crippen molar-refractivity contribution in [3.05, 3.63) is 52.5 Å². The third-order valence-corrected chi connectivity index (χ3v) is 3.74. The molecule has 20 heavy (non-hydrogen) atoms. The van der Waals surface area contributed by atoms with Gasteiger partial charge in [0, 0.05) is 0 Å². The first-order valence-electron chi connectivity index (χ1n) is 5.72. The quantitative estimate of drug-likeness (QED) is 0.728. The number of nitrogen functional groups attached to an aromatic ring is 1. The molecule has 6 heteroatoms. The zero-order chi connectivity index (χ0) is 14.3. The van der Waals surface area contributed by atoms with E-state index in [1.165, 1.54) is 12.4 Å². The summed E-state index contributed by atoms with van der Waals surface area (Å²) in [4.78, 5) is 7.86. The highest BCUT2D eigenvalue weighted by molar-refractivity contribution is 6.42. The highest BCUT2D eigenvalue weighted by Crippen LogP contribution is 2.34. The highest BCUT2D eigenvalue weighted by Gasteiger charge is 2.13. The van der Waals surface area contributed by atoms with Crippen molar-refractivity contribution in [3.8, 4) is 11.1 Å². The molecule has 0 spiro atoms. The van der Waals surface area contributed by atoms with Crippen LogP contribution in [-0.2, 0) is 0 Å². The van der Waals surface area contributed by atoms with Crippen molar-refractivity contribution in [2.75, 3.05) is 5.73 Å². The predicted octanol–water partition coefficient (Wildman–Crippen LogP) is 4.32. The SMILES string of the molecule is Nc1ncnc2c(F)ccc(-c3ccc(Cl)c(Cl)c3)c12. The van der Waals surface area contributed by atoms with Gasteiger partial charge in [-0.2, -0.15) is 0 Å². The number of benzene rings is 2. The van der Waals surface area contributed by atoms with Crippen molar-refractivity contribution in [2.45, 2.75) is 0 Å². The molecule has 0 radical (unpaired) electrons. The fourth-order valence-corrected chi connectivity index (χ4v) is 2.37. The lowest BCUT2D eigenvalue weighted by Crippen LogP contribution is -1.97. The number of nitrogens with zero attached hydrogens (tertiary/aromatic N) is 2. The maximum atomic E-state index is 13.8. The van der Waals surface area contributed by atoms with Crippen LogP contribution in [-0.4, -0.2) is 9.97 Å². The van der Waals surface area contributed by atoms with E-state index in [4.69, 9.17) is 28.9 Å². The lowest BCUT2D eigenvalue weighted by molar-refractivity contribution is 0.636. The molecule has 0 aliphatic heterocycles. The van der Waals surface area contributed by atoms with Crippen molar-refractivity contribution in [1.82, 2.24) is 9.97 Å². The van der Waals surface area contributed by atoms with E-state index in [-0.39, 0.29) is 11.3 Å². The molecule has 2 N–H and O–H groups in total. The zero-order valence-electron chi connectivity index (χ0n) is 10.1. The largest absolute Gasteiger partial charge is 0.383 e. The number of aromatic nitrogens is 2. The van der Waals surface area contributed by atoms with Crippen molar-refractivity contribution in [3.63, 3.8) is 0 Å². The number of halogens is 3. The van der Waals surface area contributed by atoms with E-state index in [2.05, 4.69) is 9.97 Å². The van der Waals surface area contributed by atoms with Crippen molar-refractivity contribution < 1.29 is 4.39 Å². The van der Waals surface area contributed by atoms with Crippen LogP contribution < -0.4 is 5.73 Å². The van der Waals surface area contributed by atoms with Crippen molar-refractivity contribution in [2.24, 2.45) is 0 Å².